The maximum absolute atomic E-state index is 14.0. The van der Waals surface area contributed by atoms with Crippen LogP contribution >= 0.6 is 0 Å². The van der Waals surface area contributed by atoms with Crippen LogP contribution in [0.1, 0.15) is 45.6 Å². The molecule has 0 aliphatic heterocycles. The molecule has 136 valence electrons. The van der Waals surface area contributed by atoms with Gasteiger partial charge in [0, 0.05) is 25.1 Å². The van der Waals surface area contributed by atoms with Crippen LogP contribution in [0.3, 0.4) is 0 Å². The number of halogens is 6. The Kier molecular flexibility index (Phi) is 4.61. The Hall–Kier alpha value is -1.40. The largest absolute Gasteiger partial charge is 0.416 e. The maximum atomic E-state index is 14.0. The van der Waals surface area contributed by atoms with Crippen LogP contribution in [-0.4, -0.2) is 12.5 Å². The van der Waals surface area contributed by atoms with Gasteiger partial charge in [-0.2, -0.15) is 13.2 Å². The highest BCUT2D eigenvalue weighted by Gasteiger charge is 2.50. The highest BCUT2D eigenvalue weighted by atomic mass is 19.4. The summed E-state index contributed by atoms with van der Waals surface area (Å²) in [5.41, 5.74) is -2.53. The molecule has 1 nitrogen and oxygen atoms in total. The van der Waals surface area contributed by atoms with E-state index in [9.17, 15) is 26.3 Å². The Balaban J connectivity index is 2.17. The highest BCUT2D eigenvalue weighted by molar-refractivity contribution is 5.47. The summed E-state index contributed by atoms with van der Waals surface area (Å²) in [5, 5.41) is 2.71. The third kappa shape index (κ3) is 4.80. The van der Waals surface area contributed by atoms with Gasteiger partial charge in [0.05, 0.1) is 5.56 Å². The fourth-order valence-corrected chi connectivity index (χ4v) is 3.96. The Morgan fingerprint density at radius 3 is 2.17 bits per heavy atom. The summed E-state index contributed by atoms with van der Waals surface area (Å²) in [5.74, 6) is -3.84. The molecule has 1 aromatic carbocycles. The van der Waals surface area contributed by atoms with Crippen LogP contribution in [0.15, 0.2) is 18.2 Å². The minimum absolute atomic E-state index is 0.0484. The van der Waals surface area contributed by atoms with Gasteiger partial charge in [0.1, 0.15) is 5.82 Å². The van der Waals surface area contributed by atoms with Crippen molar-refractivity contribution < 1.29 is 26.3 Å². The first-order chi connectivity index (χ1) is 10.7. The Bertz CT molecular complexity index is 590. The summed E-state index contributed by atoms with van der Waals surface area (Å²) in [6.07, 6.45) is -4.72. The van der Waals surface area contributed by atoms with E-state index in [0.717, 1.165) is 12.1 Å². The lowest BCUT2D eigenvalue weighted by Gasteiger charge is -2.46. The van der Waals surface area contributed by atoms with Gasteiger partial charge in [0.15, 0.2) is 0 Å². The zero-order chi connectivity index (χ0) is 18.4. The summed E-state index contributed by atoms with van der Waals surface area (Å²) >= 11 is 0. The predicted molar refractivity (Wildman–Crippen MR) is 80.6 cm³/mol. The smallest absolute Gasteiger partial charge is 0.384 e. The molecule has 1 aliphatic rings. The molecule has 2 rings (SSSR count). The van der Waals surface area contributed by atoms with Crippen LogP contribution in [0.25, 0.3) is 0 Å². The molecule has 0 heterocycles. The van der Waals surface area contributed by atoms with Gasteiger partial charge in [-0.25, -0.2) is 13.2 Å². The van der Waals surface area contributed by atoms with E-state index in [1.165, 1.54) is 0 Å². The fraction of sp³-hybridized carbons (Fsp3) is 0.647. The van der Waals surface area contributed by atoms with E-state index in [1.807, 2.05) is 0 Å². The van der Waals surface area contributed by atoms with Gasteiger partial charge in [-0.3, -0.25) is 0 Å². The van der Waals surface area contributed by atoms with Crippen LogP contribution < -0.4 is 5.32 Å². The Morgan fingerprint density at radius 2 is 1.62 bits per heavy atom. The van der Waals surface area contributed by atoms with Gasteiger partial charge < -0.3 is 5.32 Å². The fourth-order valence-electron chi connectivity index (χ4n) is 3.96. The average Bonchev–Trinajstić information content (AvgIpc) is 2.30. The summed E-state index contributed by atoms with van der Waals surface area (Å²) in [6, 6.07) is 2.13. The standard InChI is InChI=1S/C17H21F6N/c1-14(2)7-15(3,9-16(19,20)8-14)10-24-13-5-11(17(21,22)23)4-12(18)6-13/h4-6,24H,7-10H2,1-3H3. The Labute approximate surface area is 137 Å². The normalized spacial score (nSPS) is 26.2. The lowest BCUT2D eigenvalue weighted by Crippen LogP contribution is -2.45. The van der Waals surface area contributed by atoms with Crippen molar-refractivity contribution in [1.82, 2.24) is 0 Å². The van der Waals surface area contributed by atoms with Crippen molar-refractivity contribution in [3.05, 3.63) is 29.6 Å². The number of anilines is 1. The first kappa shape index (κ1) is 18.9. The topological polar surface area (TPSA) is 12.0 Å². The van der Waals surface area contributed by atoms with E-state index in [0.29, 0.717) is 12.5 Å². The third-order valence-electron chi connectivity index (χ3n) is 4.27. The molecule has 1 unspecified atom stereocenters. The van der Waals surface area contributed by atoms with Gasteiger partial charge in [-0.15, -0.1) is 0 Å². The molecule has 1 N–H and O–H groups in total. The summed E-state index contributed by atoms with van der Waals surface area (Å²) < 4.78 is 79.5. The van der Waals surface area contributed by atoms with Gasteiger partial charge >= 0.3 is 6.18 Å². The van der Waals surface area contributed by atoms with Crippen LogP contribution in [0, 0.1) is 16.6 Å². The average molecular weight is 353 g/mol. The number of alkyl halides is 5. The number of hydrogen-bond donors (Lipinski definition) is 1. The molecule has 24 heavy (non-hydrogen) atoms. The minimum Gasteiger partial charge on any atom is -0.384 e. The second kappa shape index (κ2) is 5.85. The summed E-state index contributed by atoms with van der Waals surface area (Å²) in [4.78, 5) is 0. The van der Waals surface area contributed by atoms with Gasteiger partial charge in [0.2, 0.25) is 5.92 Å². The van der Waals surface area contributed by atoms with E-state index in [4.69, 9.17) is 0 Å². The number of benzene rings is 1. The van der Waals surface area contributed by atoms with Crippen molar-refractivity contribution in [2.75, 3.05) is 11.9 Å². The second-order valence-corrected chi connectivity index (χ2v) is 7.94. The third-order valence-corrected chi connectivity index (χ3v) is 4.27. The van der Waals surface area contributed by atoms with E-state index in [1.54, 1.807) is 20.8 Å². The lowest BCUT2D eigenvalue weighted by molar-refractivity contribution is -0.137. The van der Waals surface area contributed by atoms with Gasteiger partial charge in [-0.05, 0) is 35.4 Å². The Morgan fingerprint density at radius 1 is 1.00 bits per heavy atom. The molecular formula is C17H21F6N. The van der Waals surface area contributed by atoms with Crippen LogP contribution in [0.4, 0.5) is 32.0 Å². The molecule has 0 saturated heterocycles. The molecule has 0 aromatic heterocycles. The SMILES string of the molecule is CC1(C)CC(F)(F)CC(C)(CNc2cc(F)cc(C(F)(F)F)c2)C1. The van der Waals surface area contributed by atoms with Crippen molar-refractivity contribution >= 4 is 5.69 Å². The minimum atomic E-state index is -4.66. The van der Waals surface area contributed by atoms with Crippen molar-refractivity contribution in [2.24, 2.45) is 10.8 Å². The van der Waals surface area contributed by atoms with Gasteiger partial charge in [-0.1, -0.05) is 20.8 Å². The summed E-state index contributed by atoms with van der Waals surface area (Å²) in [6.45, 7) is 5.23. The molecule has 0 amide bonds. The molecule has 0 spiro atoms. The van der Waals surface area contributed by atoms with E-state index in [2.05, 4.69) is 5.32 Å². The molecule has 1 atom stereocenters. The first-order valence-electron chi connectivity index (χ1n) is 7.69. The zero-order valence-corrected chi connectivity index (χ0v) is 13.8. The molecule has 0 bridgehead atoms. The van der Waals surface area contributed by atoms with Crippen molar-refractivity contribution in [3.63, 3.8) is 0 Å². The number of hydrogen-bond acceptors (Lipinski definition) is 1. The van der Waals surface area contributed by atoms with E-state index >= 15 is 0 Å². The molecular weight excluding hydrogens is 332 g/mol. The molecule has 1 aliphatic carbocycles. The molecule has 0 radical (unpaired) electrons. The quantitative estimate of drug-likeness (QED) is 0.647. The first-order valence-corrected chi connectivity index (χ1v) is 7.69. The van der Waals surface area contributed by atoms with Crippen LogP contribution in [0.2, 0.25) is 0 Å². The second-order valence-electron chi connectivity index (χ2n) is 7.94. The molecule has 1 saturated carbocycles. The van der Waals surface area contributed by atoms with Gasteiger partial charge in [0.25, 0.3) is 0 Å². The van der Waals surface area contributed by atoms with E-state index < -0.39 is 34.3 Å². The van der Waals surface area contributed by atoms with Crippen LogP contribution in [0.5, 0.6) is 0 Å². The predicted octanol–water partition coefficient (Wildman–Crippen LogP) is 6.11. The number of rotatable bonds is 3. The molecule has 7 heteroatoms. The highest BCUT2D eigenvalue weighted by Crippen LogP contribution is 2.52. The molecule has 1 aromatic rings. The van der Waals surface area contributed by atoms with Crippen LogP contribution in [-0.2, 0) is 6.18 Å². The zero-order valence-electron chi connectivity index (χ0n) is 13.8. The lowest BCUT2D eigenvalue weighted by atomic mass is 9.63. The monoisotopic (exact) mass is 353 g/mol. The summed E-state index contributed by atoms with van der Waals surface area (Å²) in [7, 11) is 0. The van der Waals surface area contributed by atoms with E-state index in [-0.39, 0.29) is 25.1 Å². The van der Waals surface area contributed by atoms with Crippen molar-refractivity contribution in [3.8, 4) is 0 Å². The van der Waals surface area contributed by atoms with Crippen molar-refractivity contribution in [1.29, 1.82) is 0 Å². The molecule has 1 fully saturated rings. The number of nitrogens with one attached hydrogen (secondary N) is 1. The maximum Gasteiger partial charge on any atom is 0.416 e. The van der Waals surface area contributed by atoms with Crippen molar-refractivity contribution in [2.45, 2.75) is 52.1 Å².